The van der Waals surface area contributed by atoms with Gasteiger partial charge >= 0.3 is 5.97 Å². The molecule has 1 saturated heterocycles. The van der Waals surface area contributed by atoms with Crippen LogP contribution in [0.5, 0.6) is 5.75 Å². The van der Waals surface area contributed by atoms with Gasteiger partial charge in [-0.25, -0.2) is 4.79 Å². The number of carboxylic acids is 1. The number of hydrogen-bond acceptors (Lipinski definition) is 4. The van der Waals surface area contributed by atoms with E-state index in [1.54, 1.807) is 25.1 Å². The van der Waals surface area contributed by atoms with Gasteiger partial charge in [-0.05, 0) is 37.8 Å². The van der Waals surface area contributed by atoms with Crippen LogP contribution in [0.1, 0.15) is 37.0 Å². The van der Waals surface area contributed by atoms with E-state index in [4.69, 9.17) is 4.74 Å². The summed E-state index contributed by atoms with van der Waals surface area (Å²) in [5, 5.41) is 12.2. The third kappa shape index (κ3) is 2.81. The van der Waals surface area contributed by atoms with Crippen LogP contribution in [0.15, 0.2) is 18.2 Å². The van der Waals surface area contributed by atoms with E-state index < -0.39 is 18.1 Å². The van der Waals surface area contributed by atoms with Crippen molar-refractivity contribution in [2.24, 2.45) is 5.92 Å². The SMILES string of the molecule is CC1CCN(C(=O)c2cccc3c2OC(C)C(=O)N3)C(C(=O)O)C1. The molecule has 128 valence electrons. The summed E-state index contributed by atoms with van der Waals surface area (Å²) in [6.07, 6.45) is 0.492. The molecule has 2 amide bonds. The number of hydrogen-bond donors (Lipinski definition) is 2. The van der Waals surface area contributed by atoms with E-state index in [1.165, 1.54) is 4.90 Å². The number of aliphatic carboxylic acids is 1. The Morgan fingerprint density at radius 1 is 1.33 bits per heavy atom. The van der Waals surface area contributed by atoms with Gasteiger partial charge in [-0.2, -0.15) is 0 Å². The molecule has 7 heteroatoms. The number of para-hydroxylation sites is 1. The molecule has 0 radical (unpaired) electrons. The molecule has 24 heavy (non-hydrogen) atoms. The zero-order chi connectivity index (χ0) is 17.4. The van der Waals surface area contributed by atoms with E-state index in [2.05, 4.69) is 5.32 Å². The second-order valence-electron chi connectivity index (χ2n) is 6.41. The monoisotopic (exact) mass is 332 g/mol. The third-order valence-electron chi connectivity index (χ3n) is 4.58. The molecular formula is C17H20N2O5. The van der Waals surface area contributed by atoms with Crippen molar-refractivity contribution < 1.29 is 24.2 Å². The third-order valence-corrected chi connectivity index (χ3v) is 4.58. The Labute approximate surface area is 139 Å². The van der Waals surface area contributed by atoms with E-state index in [-0.39, 0.29) is 23.3 Å². The summed E-state index contributed by atoms with van der Waals surface area (Å²) in [7, 11) is 0. The van der Waals surface area contributed by atoms with E-state index in [9.17, 15) is 19.5 Å². The first-order chi connectivity index (χ1) is 11.4. The van der Waals surface area contributed by atoms with Gasteiger partial charge in [0.1, 0.15) is 6.04 Å². The van der Waals surface area contributed by atoms with Crippen LogP contribution in [0.25, 0.3) is 0 Å². The lowest BCUT2D eigenvalue weighted by Crippen LogP contribution is -2.50. The van der Waals surface area contributed by atoms with Gasteiger partial charge in [-0.15, -0.1) is 0 Å². The lowest BCUT2D eigenvalue weighted by atomic mass is 9.91. The molecule has 1 aromatic rings. The van der Waals surface area contributed by atoms with Crippen molar-refractivity contribution >= 4 is 23.5 Å². The standard InChI is InChI=1S/C17H20N2O5/c1-9-6-7-19(13(8-9)17(22)23)16(21)11-4-3-5-12-14(11)24-10(2)15(20)18-12/h3-5,9-10,13H,6-8H2,1-2H3,(H,18,20)(H,22,23). The zero-order valence-electron chi connectivity index (χ0n) is 13.6. The molecule has 0 bridgehead atoms. The molecule has 0 aromatic heterocycles. The summed E-state index contributed by atoms with van der Waals surface area (Å²) in [6.45, 7) is 3.98. The molecular weight excluding hydrogens is 312 g/mol. The van der Waals surface area contributed by atoms with Crippen LogP contribution in [0.4, 0.5) is 5.69 Å². The highest BCUT2D eigenvalue weighted by atomic mass is 16.5. The predicted octanol–water partition coefficient (Wildman–Crippen LogP) is 1.73. The number of nitrogens with one attached hydrogen (secondary N) is 1. The van der Waals surface area contributed by atoms with Gasteiger partial charge in [-0.1, -0.05) is 13.0 Å². The first-order valence-corrected chi connectivity index (χ1v) is 8.02. The molecule has 0 aliphatic carbocycles. The highest BCUT2D eigenvalue weighted by Gasteiger charge is 2.37. The number of carbonyl (C=O) groups excluding carboxylic acids is 2. The summed E-state index contributed by atoms with van der Waals surface area (Å²) in [5.74, 6) is -1.09. The predicted molar refractivity (Wildman–Crippen MR) is 86.0 cm³/mol. The van der Waals surface area contributed by atoms with Crippen LogP contribution >= 0.6 is 0 Å². The number of benzene rings is 1. The van der Waals surface area contributed by atoms with Crippen molar-refractivity contribution in [3.8, 4) is 5.75 Å². The molecule has 3 atom stereocenters. The minimum atomic E-state index is -0.998. The number of rotatable bonds is 2. The van der Waals surface area contributed by atoms with Gasteiger partial charge in [-0.3, -0.25) is 9.59 Å². The minimum Gasteiger partial charge on any atom is -0.480 e. The Kier molecular flexibility index (Phi) is 4.17. The summed E-state index contributed by atoms with van der Waals surface area (Å²) >= 11 is 0. The van der Waals surface area contributed by atoms with Crippen LogP contribution < -0.4 is 10.1 Å². The van der Waals surface area contributed by atoms with Crippen molar-refractivity contribution in [2.45, 2.75) is 38.8 Å². The molecule has 0 spiro atoms. The van der Waals surface area contributed by atoms with Gasteiger partial charge in [0.15, 0.2) is 11.9 Å². The fraction of sp³-hybridized carbons (Fsp3) is 0.471. The maximum Gasteiger partial charge on any atom is 0.326 e. The number of amides is 2. The topological polar surface area (TPSA) is 95.9 Å². The fourth-order valence-electron chi connectivity index (χ4n) is 3.17. The van der Waals surface area contributed by atoms with E-state index in [0.717, 1.165) is 6.42 Å². The maximum absolute atomic E-state index is 13.0. The van der Waals surface area contributed by atoms with Crippen LogP contribution in [0.3, 0.4) is 0 Å². The summed E-state index contributed by atoms with van der Waals surface area (Å²) in [4.78, 5) is 37.6. The highest BCUT2D eigenvalue weighted by molar-refractivity contribution is 6.04. The van der Waals surface area contributed by atoms with Gasteiger partial charge in [0.05, 0.1) is 11.3 Å². The van der Waals surface area contributed by atoms with Gasteiger partial charge in [0, 0.05) is 6.54 Å². The number of carbonyl (C=O) groups is 3. The van der Waals surface area contributed by atoms with Crippen molar-refractivity contribution in [1.29, 1.82) is 0 Å². The Bertz CT molecular complexity index is 702. The quantitative estimate of drug-likeness (QED) is 0.860. The molecule has 2 aliphatic rings. The van der Waals surface area contributed by atoms with E-state index in [0.29, 0.717) is 24.4 Å². The smallest absolute Gasteiger partial charge is 0.326 e. The minimum absolute atomic E-state index is 0.260. The fourth-order valence-corrected chi connectivity index (χ4v) is 3.17. The van der Waals surface area contributed by atoms with E-state index >= 15 is 0 Å². The Morgan fingerprint density at radius 2 is 2.08 bits per heavy atom. The maximum atomic E-state index is 13.0. The molecule has 3 unspecified atom stereocenters. The second kappa shape index (κ2) is 6.14. The first-order valence-electron chi connectivity index (χ1n) is 8.02. The molecule has 1 aromatic carbocycles. The van der Waals surface area contributed by atoms with Gasteiger partial charge < -0.3 is 20.1 Å². The molecule has 1 fully saturated rings. The second-order valence-corrected chi connectivity index (χ2v) is 6.41. The number of carboxylic acid groups (broad SMARTS) is 1. The zero-order valence-corrected chi connectivity index (χ0v) is 13.6. The van der Waals surface area contributed by atoms with Crippen molar-refractivity contribution in [2.75, 3.05) is 11.9 Å². The average Bonchev–Trinajstić information content (AvgIpc) is 2.54. The molecule has 2 aliphatic heterocycles. The van der Waals surface area contributed by atoms with E-state index in [1.807, 2.05) is 6.92 Å². The molecule has 2 heterocycles. The number of likely N-dealkylation sites (tertiary alicyclic amines) is 1. The van der Waals surface area contributed by atoms with Crippen LogP contribution in [-0.4, -0.2) is 46.5 Å². The van der Waals surface area contributed by atoms with Gasteiger partial charge in [0.25, 0.3) is 11.8 Å². The molecule has 2 N–H and O–H groups in total. The molecule has 0 saturated carbocycles. The Hall–Kier alpha value is -2.57. The Morgan fingerprint density at radius 3 is 2.79 bits per heavy atom. The number of piperidine rings is 1. The normalized spacial score (nSPS) is 26.2. The first kappa shape index (κ1) is 16.3. The number of anilines is 1. The summed E-state index contributed by atoms with van der Waals surface area (Å²) in [5.41, 5.74) is 0.710. The number of ether oxygens (including phenoxy) is 1. The summed E-state index contributed by atoms with van der Waals surface area (Å²) in [6, 6.07) is 4.06. The lowest BCUT2D eigenvalue weighted by molar-refractivity contribution is -0.144. The molecule has 3 rings (SSSR count). The highest BCUT2D eigenvalue weighted by Crippen LogP contribution is 2.35. The van der Waals surface area contributed by atoms with Crippen LogP contribution in [0, 0.1) is 5.92 Å². The van der Waals surface area contributed by atoms with Gasteiger partial charge in [0.2, 0.25) is 0 Å². The Balaban J connectivity index is 1.94. The average molecular weight is 332 g/mol. The number of nitrogens with zero attached hydrogens (tertiary/aromatic N) is 1. The van der Waals surface area contributed by atoms with Crippen molar-refractivity contribution in [3.63, 3.8) is 0 Å². The lowest BCUT2D eigenvalue weighted by Gasteiger charge is -2.36. The largest absolute Gasteiger partial charge is 0.480 e. The van der Waals surface area contributed by atoms with Crippen LogP contribution in [0.2, 0.25) is 0 Å². The number of fused-ring (bicyclic) bond motifs is 1. The molecule has 7 nitrogen and oxygen atoms in total. The van der Waals surface area contributed by atoms with Crippen molar-refractivity contribution in [3.05, 3.63) is 23.8 Å². The van der Waals surface area contributed by atoms with Crippen molar-refractivity contribution in [1.82, 2.24) is 4.90 Å². The summed E-state index contributed by atoms with van der Waals surface area (Å²) < 4.78 is 5.60. The van der Waals surface area contributed by atoms with Crippen LogP contribution in [-0.2, 0) is 9.59 Å².